The molecule has 98 valence electrons. The van der Waals surface area contributed by atoms with E-state index in [1.165, 1.54) is 0 Å². The third-order valence-corrected chi connectivity index (χ3v) is 3.63. The zero-order chi connectivity index (χ0) is 12.8. The van der Waals surface area contributed by atoms with E-state index in [9.17, 15) is 9.59 Å². The van der Waals surface area contributed by atoms with Gasteiger partial charge in [-0.2, -0.15) is 0 Å². The zero-order valence-corrected chi connectivity index (χ0v) is 10.5. The Morgan fingerprint density at radius 2 is 2.00 bits per heavy atom. The van der Waals surface area contributed by atoms with E-state index in [1.807, 2.05) is 0 Å². The highest BCUT2D eigenvalue weighted by Crippen LogP contribution is 2.30. The molecule has 0 saturated heterocycles. The number of carbonyl (C=O) groups excluding carboxylic acids is 1. The molecule has 1 saturated carbocycles. The van der Waals surface area contributed by atoms with Gasteiger partial charge < -0.3 is 15.7 Å². The minimum absolute atomic E-state index is 0.0944. The number of urea groups is 1. The van der Waals surface area contributed by atoms with E-state index in [0.717, 1.165) is 12.8 Å². The van der Waals surface area contributed by atoms with Crippen LogP contribution in [0.25, 0.3) is 0 Å². The summed E-state index contributed by atoms with van der Waals surface area (Å²) in [5, 5.41) is 14.1. The van der Waals surface area contributed by atoms with E-state index < -0.39 is 5.97 Å². The van der Waals surface area contributed by atoms with Crippen LogP contribution in [0.1, 0.15) is 39.5 Å². The fourth-order valence-electron chi connectivity index (χ4n) is 2.23. The smallest absolute Gasteiger partial charge is 0.315 e. The van der Waals surface area contributed by atoms with Gasteiger partial charge in [-0.1, -0.05) is 13.8 Å². The lowest BCUT2D eigenvalue weighted by molar-refractivity contribution is -0.137. The molecule has 1 aliphatic rings. The summed E-state index contributed by atoms with van der Waals surface area (Å²) in [5.74, 6) is 0.345. The van der Waals surface area contributed by atoms with Crippen LogP contribution in [-0.2, 0) is 4.79 Å². The van der Waals surface area contributed by atoms with Crippen LogP contribution in [0.2, 0.25) is 0 Å². The molecule has 0 radical (unpaired) electrons. The molecule has 3 unspecified atom stereocenters. The van der Waals surface area contributed by atoms with Gasteiger partial charge in [-0.15, -0.1) is 0 Å². The molecular weight excluding hydrogens is 220 g/mol. The van der Waals surface area contributed by atoms with Gasteiger partial charge in [0.05, 0.1) is 0 Å². The molecule has 2 amide bonds. The highest BCUT2D eigenvalue weighted by Gasteiger charge is 2.30. The van der Waals surface area contributed by atoms with Crippen molar-refractivity contribution in [3.63, 3.8) is 0 Å². The first-order chi connectivity index (χ1) is 8.00. The molecule has 3 atom stereocenters. The molecule has 0 aliphatic heterocycles. The summed E-state index contributed by atoms with van der Waals surface area (Å²) in [6.07, 6.45) is 2.76. The van der Waals surface area contributed by atoms with Gasteiger partial charge in [-0.25, -0.2) is 4.79 Å². The second-order valence-corrected chi connectivity index (χ2v) is 4.92. The van der Waals surface area contributed by atoms with Crippen LogP contribution in [0.3, 0.4) is 0 Å². The van der Waals surface area contributed by atoms with Crippen molar-refractivity contribution in [3.05, 3.63) is 0 Å². The first-order valence-corrected chi connectivity index (χ1v) is 6.27. The van der Waals surface area contributed by atoms with E-state index >= 15 is 0 Å². The molecule has 0 aromatic rings. The van der Waals surface area contributed by atoms with Crippen molar-refractivity contribution < 1.29 is 14.7 Å². The Bertz CT molecular complexity index is 281. The van der Waals surface area contributed by atoms with Crippen molar-refractivity contribution in [3.8, 4) is 0 Å². The molecule has 0 heterocycles. The average molecular weight is 242 g/mol. The summed E-state index contributed by atoms with van der Waals surface area (Å²) in [4.78, 5) is 21.8. The number of nitrogens with one attached hydrogen (secondary N) is 2. The summed E-state index contributed by atoms with van der Waals surface area (Å²) < 4.78 is 0. The highest BCUT2D eigenvalue weighted by molar-refractivity contribution is 5.74. The van der Waals surface area contributed by atoms with Gasteiger partial charge in [0, 0.05) is 19.0 Å². The second kappa shape index (κ2) is 6.47. The van der Waals surface area contributed by atoms with Crippen molar-refractivity contribution in [1.29, 1.82) is 0 Å². The summed E-state index contributed by atoms with van der Waals surface area (Å²) >= 11 is 0. The van der Waals surface area contributed by atoms with Crippen LogP contribution < -0.4 is 10.6 Å². The number of aliphatic carboxylic acids is 1. The first-order valence-electron chi connectivity index (χ1n) is 6.27. The molecule has 0 aromatic carbocycles. The lowest BCUT2D eigenvalue weighted by Crippen LogP contribution is -2.44. The minimum Gasteiger partial charge on any atom is -0.481 e. The number of hydrogen-bond acceptors (Lipinski definition) is 2. The lowest BCUT2D eigenvalue weighted by atomic mass is 9.98. The van der Waals surface area contributed by atoms with Gasteiger partial charge in [0.1, 0.15) is 0 Å². The second-order valence-electron chi connectivity index (χ2n) is 4.92. The van der Waals surface area contributed by atoms with E-state index in [1.54, 1.807) is 0 Å². The van der Waals surface area contributed by atoms with Crippen molar-refractivity contribution in [2.45, 2.75) is 45.6 Å². The average Bonchev–Trinajstić information content (AvgIpc) is 2.56. The third-order valence-electron chi connectivity index (χ3n) is 3.63. The quantitative estimate of drug-likeness (QED) is 0.640. The number of carboxylic acids is 1. The van der Waals surface area contributed by atoms with Gasteiger partial charge in [-0.05, 0) is 31.1 Å². The summed E-state index contributed by atoms with van der Waals surface area (Å²) in [6.45, 7) is 4.78. The monoisotopic (exact) mass is 242 g/mol. The third kappa shape index (κ3) is 4.63. The van der Waals surface area contributed by atoms with Gasteiger partial charge in [0.2, 0.25) is 0 Å². The number of carbonyl (C=O) groups is 2. The van der Waals surface area contributed by atoms with Crippen molar-refractivity contribution in [1.82, 2.24) is 10.6 Å². The Balaban J connectivity index is 2.15. The number of carboxylic acid groups (broad SMARTS) is 1. The summed E-state index contributed by atoms with van der Waals surface area (Å²) in [6, 6.07) is 0.0748. The molecule has 0 aromatic heterocycles. The Morgan fingerprint density at radius 3 is 2.53 bits per heavy atom. The Kier molecular flexibility index (Phi) is 5.25. The molecule has 5 nitrogen and oxygen atoms in total. The number of amides is 2. The first kappa shape index (κ1) is 13.8. The molecule has 3 N–H and O–H groups in total. The zero-order valence-electron chi connectivity index (χ0n) is 10.5. The minimum atomic E-state index is -0.828. The van der Waals surface area contributed by atoms with Gasteiger partial charge in [-0.3, -0.25) is 4.79 Å². The molecule has 17 heavy (non-hydrogen) atoms. The van der Waals surface area contributed by atoms with Crippen LogP contribution in [0, 0.1) is 11.8 Å². The van der Waals surface area contributed by atoms with Gasteiger partial charge in [0.25, 0.3) is 0 Å². The van der Waals surface area contributed by atoms with Crippen molar-refractivity contribution in [2.75, 3.05) is 6.54 Å². The number of hydrogen-bond donors (Lipinski definition) is 3. The predicted molar refractivity (Wildman–Crippen MR) is 64.8 cm³/mol. The highest BCUT2D eigenvalue weighted by atomic mass is 16.4. The predicted octanol–water partition coefficient (Wildman–Crippen LogP) is 1.59. The lowest BCUT2D eigenvalue weighted by Gasteiger charge is -2.19. The topological polar surface area (TPSA) is 78.4 Å². The maximum absolute atomic E-state index is 11.5. The van der Waals surface area contributed by atoms with Crippen LogP contribution in [-0.4, -0.2) is 29.7 Å². The fraction of sp³-hybridized carbons (Fsp3) is 0.833. The van der Waals surface area contributed by atoms with Crippen LogP contribution >= 0.6 is 0 Å². The van der Waals surface area contributed by atoms with Crippen LogP contribution in [0.5, 0.6) is 0 Å². The molecule has 0 bridgehead atoms. The molecule has 5 heteroatoms. The van der Waals surface area contributed by atoms with Crippen LogP contribution in [0.4, 0.5) is 4.79 Å². The standard InChI is InChI=1S/C12H22N2O3/c1-8-5-6-10(9(8)2)14-12(17)13-7-3-4-11(15)16/h8-10H,3-7H2,1-2H3,(H,15,16)(H2,13,14,17). The SMILES string of the molecule is CC1CCC(NC(=O)NCCCC(=O)O)C1C. The van der Waals surface area contributed by atoms with E-state index in [2.05, 4.69) is 24.5 Å². The molecule has 0 spiro atoms. The van der Waals surface area contributed by atoms with E-state index in [-0.39, 0.29) is 18.5 Å². The van der Waals surface area contributed by atoms with Crippen LogP contribution in [0.15, 0.2) is 0 Å². The maximum atomic E-state index is 11.5. The fourth-order valence-corrected chi connectivity index (χ4v) is 2.23. The molecule has 1 aliphatic carbocycles. The Hall–Kier alpha value is -1.26. The van der Waals surface area contributed by atoms with Crippen molar-refractivity contribution in [2.24, 2.45) is 11.8 Å². The van der Waals surface area contributed by atoms with Gasteiger partial charge in [0.15, 0.2) is 0 Å². The summed E-state index contributed by atoms with van der Waals surface area (Å²) in [5.41, 5.74) is 0. The molecule has 1 fully saturated rings. The normalized spacial score (nSPS) is 27.8. The number of rotatable bonds is 5. The molecular formula is C12H22N2O3. The largest absolute Gasteiger partial charge is 0.481 e. The van der Waals surface area contributed by atoms with Crippen molar-refractivity contribution >= 4 is 12.0 Å². The molecule has 1 rings (SSSR count). The van der Waals surface area contributed by atoms with E-state index in [4.69, 9.17) is 5.11 Å². The van der Waals surface area contributed by atoms with Gasteiger partial charge >= 0.3 is 12.0 Å². The maximum Gasteiger partial charge on any atom is 0.315 e. The Labute approximate surface area is 102 Å². The van der Waals surface area contributed by atoms with E-state index in [0.29, 0.717) is 24.8 Å². The summed E-state index contributed by atoms with van der Waals surface area (Å²) in [7, 11) is 0. The Morgan fingerprint density at radius 1 is 1.29 bits per heavy atom.